The molecule has 3 amide bonds. The number of rotatable bonds is 11. The summed E-state index contributed by atoms with van der Waals surface area (Å²) in [6.45, 7) is 1.54. The van der Waals surface area contributed by atoms with Crippen molar-refractivity contribution in [3.8, 4) is 0 Å². The van der Waals surface area contributed by atoms with Gasteiger partial charge in [0, 0.05) is 24.0 Å². The van der Waals surface area contributed by atoms with Crippen LogP contribution in [-0.4, -0.2) is 48.1 Å². The number of fused-ring (bicyclic) bond motifs is 1. The third-order valence-electron chi connectivity index (χ3n) is 4.53. The fourth-order valence-corrected chi connectivity index (χ4v) is 4.76. The standard InChI is InChI=1S/C16H30N4O2S/c17-9-5-1-2-6-10-18-14(21)8-4-3-7-13-15-12(11-23-13)19-16(22)20-15/h12-13,15H,1-11,17H2,(H,18,21)(H2,19,20,22)/t12-,13-,15-/m0/s1. The number of nitrogens with one attached hydrogen (secondary N) is 3. The van der Waals surface area contributed by atoms with Crippen LogP contribution in [0.25, 0.3) is 0 Å². The van der Waals surface area contributed by atoms with Gasteiger partial charge in [-0.1, -0.05) is 19.3 Å². The molecule has 5 N–H and O–H groups in total. The molecular formula is C16H30N4O2S. The van der Waals surface area contributed by atoms with E-state index in [-0.39, 0.29) is 18.0 Å². The Morgan fingerprint density at radius 3 is 2.83 bits per heavy atom. The number of carbonyl (C=O) groups excluding carboxylic acids is 2. The van der Waals surface area contributed by atoms with Gasteiger partial charge in [0.25, 0.3) is 0 Å². The molecule has 6 nitrogen and oxygen atoms in total. The quantitative estimate of drug-likeness (QED) is 0.337. The minimum atomic E-state index is -0.0314. The van der Waals surface area contributed by atoms with E-state index in [0.29, 0.717) is 17.7 Å². The van der Waals surface area contributed by atoms with E-state index in [1.54, 1.807) is 0 Å². The molecule has 132 valence electrons. The van der Waals surface area contributed by atoms with Crippen molar-refractivity contribution in [1.82, 2.24) is 16.0 Å². The average Bonchev–Trinajstić information content (AvgIpc) is 3.07. The molecule has 0 unspecified atom stereocenters. The molecule has 0 aromatic heterocycles. The number of unbranched alkanes of at least 4 members (excludes halogenated alkanes) is 4. The predicted molar refractivity (Wildman–Crippen MR) is 94.5 cm³/mol. The van der Waals surface area contributed by atoms with Crippen LogP contribution in [0.3, 0.4) is 0 Å². The molecular weight excluding hydrogens is 312 g/mol. The van der Waals surface area contributed by atoms with E-state index in [9.17, 15) is 9.59 Å². The molecule has 2 fully saturated rings. The molecule has 0 aromatic rings. The van der Waals surface area contributed by atoms with E-state index in [1.165, 1.54) is 0 Å². The number of hydrogen-bond acceptors (Lipinski definition) is 4. The Bertz CT molecular complexity index is 394. The van der Waals surface area contributed by atoms with E-state index >= 15 is 0 Å². The van der Waals surface area contributed by atoms with E-state index in [2.05, 4.69) is 16.0 Å². The van der Waals surface area contributed by atoms with Crippen molar-refractivity contribution in [1.29, 1.82) is 0 Å². The molecule has 0 aromatic carbocycles. The number of urea groups is 1. The van der Waals surface area contributed by atoms with Crippen LogP contribution in [-0.2, 0) is 4.79 Å². The largest absolute Gasteiger partial charge is 0.356 e. The predicted octanol–water partition coefficient (Wildman–Crippen LogP) is 1.35. The Balaban J connectivity index is 1.46. The molecule has 0 bridgehead atoms. The van der Waals surface area contributed by atoms with Gasteiger partial charge < -0.3 is 21.7 Å². The van der Waals surface area contributed by atoms with Crippen LogP contribution in [0.5, 0.6) is 0 Å². The summed E-state index contributed by atoms with van der Waals surface area (Å²) in [4.78, 5) is 23.1. The zero-order valence-electron chi connectivity index (χ0n) is 13.8. The van der Waals surface area contributed by atoms with Gasteiger partial charge in [0.2, 0.25) is 5.91 Å². The third kappa shape index (κ3) is 6.22. The minimum absolute atomic E-state index is 0.0314. The Kier molecular flexibility index (Phi) is 8.02. The second kappa shape index (κ2) is 10.0. The minimum Gasteiger partial charge on any atom is -0.356 e. The van der Waals surface area contributed by atoms with Gasteiger partial charge in [-0.25, -0.2) is 4.79 Å². The smallest absolute Gasteiger partial charge is 0.315 e. The fraction of sp³-hybridized carbons (Fsp3) is 0.875. The summed E-state index contributed by atoms with van der Waals surface area (Å²) < 4.78 is 0. The summed E-state index contributed by atoms with van der Waals surface area (Å²) >= 11 is 1.93. The summed E-state index contributed by atoms with van der Waals surface area (Å²) in [6.07, 6.45) is 8.05. The van der Waals surface area contributed by atoms with E-state index in [1.807, 2.05) is 11.8 Å². The van der Waals surface area contributed by atoms with E-state index in [0.717, 1.165) is 63.8 Å². The summed E-state index contributed by atoms with van der Waals surface area (Å²) in [5.41, 5.74) is 5.44. The van der Waals surface area contributed by atoms with Gasteiger partial charge in [-0.2, -0.15) is 11.8 Å². The number of carbonyl (C=O) groups is 2. The van der Waals surface area contributed by atoms with Crippen LogP contribution in [0.2, 0.25) is 0 Å². The number of thioether (sulfide) groups is 1. The third-order valence-corrected chi connectivity index (χ3v) is 6.04. The lowest BCUT2D eigenvalue weighted by Gasteiger charge is -2.16. The summed E-state index contributed by atoms with van der Waals surface area (Å²) in [6, 6.07) is 0.533. The zero-order chi connectivity index (χ0) is 16.5. The van der Waals surface area contributed by atoms with Crippen LogP contribution in [0.15, 0.2) is 0 Å². The van der Waals surface area contributed by atoms with Crippen molar-refractivity contribution in [2.45, 2.75) is 68.7 Å². The maximum absolute atomic E-state index is 11.8. The highest BCUT2D eigenvalue weighted by molar-refractivity contribution is 8.00. The molecule has 2 heterocycles. The highest BCUT2D eigenvalue weighted by atomic mass is 32.2. The monoisotopic (exact) mass is 342 g/mol. The Morgan fingerprint density at radius 2 is 2.00 bits per heavy atom. The molecule has 3 atom stereocenters. The molecule has 0 spiro atoms. The van der Waals surface area contributed by atoms with E-state index in [4.69, 9.17) is 5.73 Å². The van der Waals surface area contributed by atoms with Gasteiger partial charge in [-0.15, -0.1) is 0 Å². The fourth-order valence-electron chi connectivity index (χ4n) is 3.21. The van der Waals surface area contributed by atoms with Gasteiger partial charge in [-0.3, -0.25) is 4.79 Å². The van der Waals surface area contributed by atoms with Crippen molar-refractivity contribution in [3.05, 3.63) is 0 Å². The highest BCUT2D eigenvalue weighted by Crippen LogP contribution is 2.33. The zero-order valence-corrected chi connectivity index (χ0v) is 14.6. The first-order chi connectivity index (χ1) is 11.2. The molecule has 0 saturated carbocycles. The summed E-state index contributed by atoms with van der Waals surface area (Å²) in [5.74, 6) is 1.16. The average molecular weight is 343 g/mol. The molecule has 2 saturated heterocycles. The van der Waals surface area contributed by atoms with Gasteiger partial charge in [0.1, 0.15) is 0 Å². The van der Waals surface area contributed by atoms with E-state index < -0.39 is 0 Å². The highest BCUT2D eigenvalue weighted by Gasteiger charge is 2.42. The molecule has 7 heteroatoms. The van der Waals surface area contributed by atoms with Crippen LogP contribution >= 0.6 is 11.8 Å². The van der Waals surface area contributed by atoms with Crippen LogP contribution in [0, 0.1) is 0 Å². The number of amides is 3. The first kappa shape index (κ1) is 18.4. The Morgan fingerprint density at radius 1 is 1.17 bits per heavy atom. The molecule has 2 rings (SSSR count). The first-order valence-electron chi connectivity index (χ1n) is 8.86. The van der Waals surface area contributed by atoms with Crippen molar-refractivity contribution in [2.24, 2.45) is 5.73 Å². The molecule has 0 radical (unpaired) electrons. The van der Waals surface area contributed by atoms with Gasteiger partial charge in [0.05, 0.1) is 12.1 Å². The van der Waals surface area contributed by atoms with Crippen molar-refractivity contribution >= 4 is 23.7 Å². The second-order valence-electron chi connectivity index (χ2n) is 6.42. The summed E-state index contributed by atoms with van der Waals surface area (Å²) in [7, 11) is 0. The summed E-state index contributed by atoms with van der Waals surface area (Å²) in [5, 5.41) is 9.44. The topological polar surface area (TPSA) is 96.2 Å². The van der Waals surface area contributed by atoms with Gasteiger partial charge in [-0.05, 0) is 32.2 Å². The number of nitrogens with two attached hydrogens (primary N) is 1. The first-order valence-corrected chi connectivity index (χ1v) is 9.91. The van der Waals surface area contributed by atoms with Crippen LogP contribution in [0.1, 0.15) is 51.4 Å². The van der Waals surface area contributed by atoms with Crippen molar-refractivity contribution in [2.75, 3.05) is 18.8 Å². The van der Waals surface area contributed by atoms with Crippen molar-refractivity contribution in [3.63, 3.8) is 0 Å². The number of hydrogen-bond donors (Lipinski definition) is 4. The maximum Gasteiger partial charge on any atom is 0.315 e. The lowest BCUT2D eigenvalue weighted by molar-refractivity contribution is -0.121. The molecule has 2 aliphatic heterocycles. The van der Waals surface area contributed by atoms with Gasteiger partial charge >= 0.3 is 6.03 Å². The Hall–Kier alpha value is -0.950. The van der Waals surface area contributed by atoms with Crippen LogP contribution < -0.4 is 21.7 Å². The second-order valence-corrected chi connectivity index (χ2v) is 7.69. The lowest BCUT2D eigenvalue weighted by Crippen LogP contribution is -2.36. The SMILES string of the molecule is NCCCCCCNC(=O)CCCC[C@@H]1SC[C@@H]2NC(=O)N[C@@H]21. The normalized spacial score (nSPS) is 25.8. The molecule has 23 heavy (non-hydrogen) atoms. The molecule has 0 aliphatic carbocycles. The van der Waals surface area contributed by atoms with Crippen LogP contribution in [0.4, 0.5) is 4.79 Å². The van der Waals surface area contributed by atoms with Gasteiger partial charge in [0.15, 0.2) is 0 Å². The Labute approximate surface area is 143 Å². The lowest BCUT2D eigenvalue weighted by atomic mass is 10.0. The van der Waals surface area contributed by atoms with Crippen molar-refractivity contribution < 1.29 is 9.59 Å². The maximum atomic E-state index is 11.8. The molecule has 2 aliphatic rings.